The van der Waals surface area contributed by atoms with Crippen LogP contribution in [0.25, 0.3) is 10.8 Å². The van der Waals surface area contributed by atoms with Gasteiger partial charge in [0.2, 0.25) is 5.79 Å². The fourth-order valence-corrected chi connectivity index (χ4v) is 12.1. The molecule has 4 aromatic carbocycles. The molecule has 1 aliphatic heterocycles. The van der Waals surface area contributed by atoms with Crippen molar-refractivity contribution in [3.63, 3.8) is 0 Å². The Morgan fingerprint density at radius 2 is 1.54 bits per heavy atom. The molecule has 76 heavy (non-hydrogen) atoms. The number of amides is 1. The van der Waals surface area contributed by atoms with Gasteiger partial charge in [-0.3, -0.25) is 9.88 Å². The normalized spacial score (nSPS) is 21.0. The third-order valence-corrected chi connectivity index (χ3v) is 15.8. The van der Waals surface area contributed by atoms with E-state index in [1.165, 1.54) is 44.9 Å². The Morgan fingerprint density at radius 3 is 2.30 bits per heavy atom. The van der Waals surface area contributed by atoms with Gasteiger partial charge in [0.05, 0.1) is 37.1 Å². The fourth-order valence-electron chi connectivity index (χ4n) is 12.1. The van der Waals surface area contributed by atoms with E-state index in [1.54, 1.807) is 6.08 Å². The van der Waals surface area contributed by atoms with E-state index < -0.39 is 23.8 Å². The van der Waals surface area contributed by atoms with Gasteiger partial charge >= 0.3 is 6.09 Å². The van der Waals surface area contributed by atoms with Gasteiger partial charge in [0.25, 0.3) is 0 Å². The summed E-state index contributed by atoms with van der Waals surface area (Å²) in [5.74, 6) is -0.728. The predicted molar refractivity (Wildman–Crippen MR) is 302 cm³/mol. The maximum absolute atomic E-state index is 15.4. The smallest absolute Gasteiger partial charge is 0.410 e. The highest BCUT2D eigenvalue weighted by Gasteiger charge is 2.66. The molecule has 0 unspecified atom stereocenters. The molecule has 0 spiro atoms. The molecule has 3 aliphatic rings. The van der Waals surface area contributed by atoms with E-state index in [4.69, 9.17) is 33.9 Å². The number of benzene rings is 4. The lowest BCUT2D eigenvalue weighted by molar-refractivity contribution is -0.256. The number of carbonyl (C=O) groups is 1. The number of allylic oxidation sites excluding steroid dienone is 1. The van der Waals surface area contributed by atoms with E-state index in [1.807, 2.05) is 90.7 Å². The largest absolute Gasteiger partial charge is 0.487 e. The van der Waals surface area contributed by atoms with Gasteiger partial charge in [-0.1, -0.05) is 174 Å². The molecule has 8 rings (SSSR count). The van der Waals surface area contributed by atoms with Crippen LogP contribution in [0.5, 0.6) is 11.5 Å². The first kappa shape index (κ1) is 56.2. The van der Waals surface area contributed by atoms with Gasteiger partial charge in [-0.2, -0.15) is 0 Å². The van der Waals surface area contributed by atoms with Crippen molar-refractivity contribution in [1.29, 1.82) is 0 Å². The van der Waals surface area contributed by atoms with E-state index in [2.05, 4.69) is 49.9 Å². The van der Waals surface area contributed by atoms with Crippen LogP contribution in [-0.4, -0.2) is 70.2 Å². The molecule has 11 nitrogen and oxygen atoms in total. The summed E-state index contributed by atoms with van der Waals surface area (Å²) in [6.45, 7) is 9.80. The Kier molecular flexibility index (Phi) is 21.4. The van der Waals surface area contributed by atoms with Gasteiger partial charge in [-0.15, -0.1) is 6.58 Å². The Balaban J connectivity index is 1.25. The number of unbranched alkanes of at least 4 members (excludes halogenated alkanes) is 11. The molecule has 2 aliphatic carbocycles. The Hall–Kier alpha value is -6.01. The van der Waals surface area contributed by atoms with Gasteiger partial charge in [0.1, 0.15) is 30.8 Å². The second-order valence-electron chi connectivity index (χ2n) is 21.2. The van der Waals surface area contributed by atoms with Crippen molar-refractivity contribution in [3.05, 3.63) is 162 Å². The van der Waals surface area contributed by atoms with Crippen molar-refractivity contribution in [2.45, 2.75) is 161 Å². The number of aliphatic hydroxyl groups excluding tert-OH is 2. The molecule has 1 aromatic heterocycles. The summed E-state index contributed by atoms with van der Waals surface area (Å²) >= 11 is 0. The number of aryl methyl sites for hydroxylation is 1. The standard InChI is InChI=1S/C65H83N3O8/c1-4-6-7-8-9-10-11-12-13-23-41-72-64(71)68(45-52-32-25-31-50-29-17-18-34-55(50)52)61-44-59(67-75-46-49-27-15-14-16-28-49)57-42-51(30-19-21-38-69)56(35-20-22-39-70)62-58-43-54(73-47-53-33-24-26-48(3)66-53)36-37-60(58)76-65(61,63(57)62)74-40-5-2/h5,14-18,24-29,31-34,36-37,42-43,51,56,61-63,69-70H,2,4,6-13,19-23,30,35,38-41,44-47H2,1,3H3/t51-,56+,61-,62+,63+,65+/m0/s1. The number of oxime groups is 1. The minimum Gasteiger partial charge on any atom is -0.487 e. The zero-order valence-corrected chi connectivity index (χ0v) is 45.3. The van der Waals surface area contributed by atoms with Gasteiger partial charge in [-0.05, 0) is 109 Å². The van der Waals surface area contributed by atoms with E-state index in [-0.39, 0.29) is 57.1 Å². The summed E-state index contributed by atoms with van der Waals surface area (Å²) in [6, 6.07) is 35.8. The van der Waals surface area contributed by atoms with Gasteiger partial charge < -0.3 is 34.0 Å². The molecule has 406 valence electrons. The minimum absolute atomic E-state index is 0.0436. The van der Waals surface area contributed by atoms with Crippen LogP contribution in [0.3, 0.4) is 0 Å². The average molecular weight is 1030 g/mol. The number of hydrogen-bond acceptors (Lipinski definition) is 10. The molecule has 2 N–H and O–H groups in total. The van der Waals surface area contributed by atoms with Crippen molar-refractivity contribution in [3.8, 4) is 11.5 Å². The molecule has 0 bridgehead atoms. The molecule has 6 atom stereocenters. The molecule has 5 aromatic rings. The number of rotatable bonds is 31. The molecule has 2 heterocycles. The number of fused-ring (bicyclic) bond motifs is 3. The summed E-state index contributed by atoms with van der Waals surface area (Å²) in [7, 11) is 0. The molecular formula is C65H83N3O8. The minimum atomic E-state index is -1.46. The lowest BCUT2D eigenvalue weighted by Crippen LogP contribution is -2.70. The molecular weight excluding hydrogens is 951 g/mol. The summed E-state index contributed by atoms with van der Waals surface area (Å²) in [6.07, 6.45) is 20.3. The molecule has 1 saturated carbocycles. The van der Waals surface area contributed by atoms with Gasteiger partial charge in [0.15, 0.2) is 0 Å². The highest BCUT2D eigenvalue weighted by molar-refractivity contribution is 6.03. The molecule has 1 fully saturated rings. The molecule has 0 saturated heterocycles. The summed E-state index contributed by atoms with van der Waals surface area (Å²) in [5, 5.41) is 27.5. The van der Waals surface area contributed by atoms with E-state index in [0.717, 1.165) is 95.1 Å². The Morgan fingerprint density at radius 1 is 0.816 bits per heavy atom. The molecule has 1 amide bonds. The maximum atomic E-state index is 15.4. The van der Waals surface area contributed by atoms with Crippen LogP contribution in [0.1, 0.15) is 150 Å². The third kappa shape index (κ3) is 14.3. The number of ether oxygens (including phenoxy) is 4. The second-order valence-corrected chi connectivity index (χ2v) is 21.2. The van der Waals surface area contributed by atoms with E-state index in [0.29, 0.717) is 37.6 Å². The van der Waals surface area contributed by atoms with Crippen molar-refractivity contribution in [2.24, 2.45) is 22.9 Å². The second kappa shape index (κ2) is 28.9. The highest BCUT2D eigenvalue weighted by atomic mass is 16.7. The van der Waals surface area contributed by atoms with Crippen molar-refractivity contribution in [1.82, 2.24) is 9.88 Å². The first-order chi connectivity index (χ1) is 37.4. The number of nitrogens with zero attached hydrogens (tertiary/aromatic N) is 3. The van der Waals surface area contributed by atoms with Crippen molar-refractivity contribution in [2.75, 3.05) is 26.4 Å². The van der Waals surface area contributed by atoms with Crippen LogP contribution in [0.2, 0.25) is 0 Å². The maximum Gasteiger partial charge on any atom is 0.410 e. The van der Waals surface area contributed by atoms with E-state index in [9.17, 15) is 10.2 Å². The Labute approximate surface area is 452 Å². The number of carbonyl (C=O) groups excluding carboxylic acids is 1. The number of hydrogen-bond donors (Lipinski definition) is 2. The van der Waals surface area contributed by atoms with Crippen molar-refractivity contribution < 1.29 is 38.8 Å². The van der Waals surface area contributed by atoms with Crippen LogP contribution in [0.15, 0.2) is 139 Å². The lowest BCUT2D eigenvalue weighted by atomic mass is 9.55. The van der Waals surface area contributed by atoms with Crippen LogP contribution >= 0.6 is 0 Å². The fraction of sp³-hybridized carbons (Fsp3) is 0.492. The monoisotopic (exact) mass is 1030 g/mol. The highest BCUT2D eigenvalue weighted by Crippen LogP contribution is 2.62. The zero-order chi connectivity index (χ0) is 53.0. The van der Waals surface area contributed by atoms with Gasteiger partial charge in [-0.25, -0.2) is 4.79 Å². The van der Waals surface area contributed by atoms with Crippen LogP contribution in [0.4, 0.5) is 4.79 Å². The zero-order valence-electron chi connectivity index (χ0n) is 45.3. The van der Waals surface area contributed by atoms with Crippen molar-refractivity contribution >= 4 is 22.6 Å². The number of aromatic nitrogens is 1. The molecule has 0 radical (unpaired) electrons. The number of aliphatic hydroxyl groups is 2. The predicted octanol–water partition coefficient (Wildman–Crippen LogP) is 14.5. The number of pyridine rings is 1. The summed E-state index contributed by atoms with van der Waals surface area (Å²) in [5.41, 5.74) is 6.39. The average Bonchev–Trinajstić information content (AvgIpc) is 3.62. The Bertz CT molecular complexity index is 2670. The summed E-state index contributed by atoms with van der Waals surface area (Å²) < 4.78 is 27.9. The van der Waals surface area contributed by atoms with Gasteiger partial charge in [0, 0.05) is 36.8 Å². The first-order valence-electron chi connectivity index (χ1n) is 28.6. The van der Waals surface area contributed by atoms with E-state index >= 15 is 4.79 Å². The quantitative estimate of drug-likeness (QED) is 0.0253. The SMILES string of the molecule is C=CCO[C@@]12Oc3ccc(OCc4cccc(C)n4)cc3[C@H]3[C@H](CCCCO)[C@@H](CCCCO)C=C(C(=NOCc4ccccc4)C[C@@H]1N(Cc1cccc4ccccc14)C(=O)OCCCCCCCCCCCC)[C@H]32. The summed E-state index contributed by atoms with van der Waals surface area (Å²) in [4.78, 5) is 28.4. The lowest BCUT2D eigenvalue weighted by Gasteiger charge is -2.60. The van der Waals surface area contributed by atoms with Crippen LogP contribution in [0, 0.1) is 24.7 Å². The first-order valence-corrected chi connectivity index (χ1v) is 28.6. The topological polar surface area (TPSA) is 132 Å². The van der Waals surface area contributed by atoms with Crippen LogP contribution in [-0.2, 0) is 34.1 Å². The van der Waals surface area contributed by atoms with Crippen LogP contribution < -0.4 is 9.47 Å². The third-order valence-electron chi connectivity index (χ3n) is 15.8. The molecule has 11 heteroatoms.